The molecule has 1 saturated heterocycles. The maximum absolute atomic E-state index is 12.8. The van der Waals surface area contributed by atoms with Crippen molar-refractivity contribution in [3.8, 4) is 0 Å². The molecule has 2 heterocycles. The minimum absolute atomic E-state index is 0.157. The number of imide groups is 1. The van der Waals surface area contributed by atoms with Crippen LogP contribution in [0.25, 0.3) is 0 Å². The SMILES string of the molecule is NCCOCCOCCOCCSc1cccc2c1CN(C1CCC(=O)NC1=O)C2=O. The molecule has 1 unspecified atom stereocenters. The monoisotopic (exact) mass is 451 g/mol. The fourth-order valence-electron chi connectivity index (χ4n) is 3.53. The number of piperidine rings is 1. The molecular weight excluding hydrogens is 422 g/mol. The van der Waals surface area contributed by atoms with Crippen LogP contribution < -0.4 is 11.1 Å². The molecule has 0 aromatic heterocycles. The number of hydrogen-bond acceptors (Lipinski definition) is 8. The van der Waals surface area contributed by atoms with Crippen LogP contribution in [0.15, 0.2) is 23.1 Å². The van der Waals surface area contributed by atoms with Crippen LogP contribution in [0.2, 0.25) is 0 Å². The molecule has 0 saturated carbocycles. The number of amides is 3. The second-order valence-corrected chi connectivity index (χ2v) is 8.29. The van der Waals surface area contributed by atoms with Crippen LogP contribution >= 0.6 is 11.8 Å². The van der Waals surface area contributed by atoms with Gasteiger partial charge in [0, 0.05) is 35.7 Å². The maximum atomic E-state index is 12.8. The van der Waals surface area contributed by atoms with Crippen molar-refractivity contribution < 1.29 is 28.6 Å². The first-order valence-corrected chi connectivity index (χ1v) is 11.4. The highest BCUT2D eigenvalue weighted by molar-refractivity contribution is 7.99. The molecule has 170 valence electrons. The van der Waals surface area contributed by atoms with E-state index in [1.54, 1.807) is 22.7 Å². The van der Waals surface area contributed by atoms with Gasteiger partial charge >= 0.3 is 0 Å². The first-order valence-electron chi connectivity index (χ1n) is 10.4. The number of nitrogens with one attached hydrogen (secondary N) is 1. The Labute approximate surface area is 185 Å². The molecule has 1 aromatic rings. The van der Waals surface area contributed by atoms with Crippen molar-refractivity contribution in [2.75, 3.05) is 51.9 Å². The van der Waals surface area contributed by atoms with Crippen LogP contribution in [-0.2, 0) is 30.3 Å². The van der Waals surface area contributed by atoms with E-state index in [9.17, 15) is 14.4 Å². The molecule has 3 amide bonds. The van der Waals surface area contributed by atoms with Crippen LogP contribution in [0, 0.1) is 0 Å². The molecule has 0 spiro atoms. The van der Waals surface area contributed by atoms with E-state index in [2.05, 4.69) is 5.32 Å². The van der Waals surface area contributed by atoms with E-state index in [-0.39, 0.29) is 18.2 Å². The Balaban J connectivity index is 1.40. The standard InChI is InChI=1S/C21H29N3O6S/c22-6-7-28-8-9-29-10-11-30-12-13-31-18-3-1-2-15-16(18)14-24(21(15)27)17-4-5-19(25)23-20(17)26/h1-3,17H,4-14,22H2,(H,23,25,26). The Morgan fingerprint density at radius 3 is 2.45 bits per heavy atom. The van der Waals surface area contributed by atoms with Gasteiger partial charge in [0.25, 0.3) is 5.91 Å². The van der Waals surface area contributed by atoms with Crippen molar-refractivity contribution in [1.82, 2.24) is 10.2 Å². The summed E-state index contributed by atoms with van der Waals surface area (Å²) in [4.78, 5) is 39.0. The molecule has 2 aliphatic rings. The average molecular weight is 452 g/mol. The second-order valence-electron chi connectivity index (χ2n) is 7.16. The molecular formula is C21H29N3O6S. The Morgan fingerprint density at radius 1 is 1.03 bits per heavy atom. The lowest BCUT2D eigenvalue weighted by Gasteiger charge is -2.29. The molecule has 0 bridgehead atoms. The number of benzene rings is 1. The summed E-state index contributed by atoms with van der Waals surface area (Å²) in [6, 6.07) is 5.03. The zero-order chi connectivity index (χ0) is 22.1. The number of carbonyl (C=O) groups is 3. The lowest BCUT2D eigenvalue weighted by atomic mass is 10.0. The normalized spacial score (nSPS) is 18.4. The lowest BCUT2D eigenvalue weighted by molar-refractivity contribution is -0.136. The second kappa shape index (κ2) is 12.2. The summed E-state index contributed by atoms with van der Waals surface area (Å²) in [5, 5.41) is 2.33. The Hall–Kier alpha value is -1.98. The third kappa shape index (κ3) is 6.50. The first kappa shape index (κ1) is 23.7. The Morgan fingerprint density at radius 2 is 1.74 bits per heavy atom. The van der Waals surface area contributed by atoms with E-state index in [0.717, 1.165) is 16.2 Å². The number of fused-ring (bicyclic) bond motifs is 1. The molecule has 1 atom stereocenters. The van der Waals surface area contributed by atoms with E-state index in [4.69, 9.17) is 19.9 Å². The van der Waals surface area contributed by atoms with Gasteiger partial charge < -0.3 is 24.8 Å². The summed E-state index contributed by atoms with van der Waals surface area (Å²) < 4.78 is 16.2. The van der Waals surface area contributed by atoms with Crippen LogP contribution in [0.5, 0.6) is 0 Å². The third-order valence-electron chi connectivity index (χ3n) is 5.03. The number of hydrogen-bond donors (Lipinski definition) is 2. The van der Waals surface area contributed by atoms with Crippen molar-refractivity contribution >= 4 is 29.5 Å². The number of nitrogens with zero attached hydrogens (tertiary/aromatic N) is 1. The van der Waals surface area contributed by atoms with Gasteiger partial charge in [-0.3, -0.25) is 19.7 Å². The van der Waals surface area contributed by atoms with Crippen molar-refractivity contribution in [1.29, 1.82) is 0 Å². The smallest absolute Gasteiger partial charge is 0.255 e. The predicted octanol–water partition coefficient (Wildman–Crippen LogP) is 0.548. The molecule has 1 aromatic carbocycles. The highest BCUT2D eigenvalue weighted by Gasteiger charge is 2.39. The third-order valence-corrected chi connectivity index (χ3v) is 6.09. The predicted molar refractivity (Wildman–Crippen MR) is 115 cm³/mol. The van der Waals surface area contributed by atoms with E-state index >= 15 is 0 Å². The fraction of sp³-hybridized carbons (Fsp3) is 0.571. The van der Waals surface area contributed by atoms with Gasteiger partial charge in [0.1, 0.15) is 6.04 Å². The van der Waals surface area contributed by atoms with E-state index in [1.807, 2.05) is 12.1 Å². The van der Waals surface area contributed by atoms with Gasteiger partial charge in [0.2, 0.25) is 11.8 Å². The van der Waals surface area contributed by atoms with Crippen LogP contribution in [0.3, 0.4) is 0 Å². The van der Waals surface area contributed by atoms with Gasteiger partial charge in [-0.1, -0.05) is 6.07 Å². The highest BCUT2D eigenvalue weighted by Crippen LogP contribution is 2.34. The maximum Gasteiger partial charge on any atom is 0.255 e. The molecule has 0 aliphatic carbocycles. The number of thioether (sulfide) groups is 1. The summed E-state index contributed by atoms with van der Waals surface area (Å²) in [7, 11) is 0. The summed E-state index contributed by atoms with van der Waals surface area (Å²) in [5.74, 6) is -0.0983. The summed E-state index contributed by atoms with van der Waals surface area (Å²) >= 11 is 1.62. The molecule has 2 aliphatic heterocycles. The summed E-state index contributed by atoms with van der Waals surface area (Å²) in [5.41, 5.74) is 6.89. The number of rotatable bonds is 13. The van der Waals surface area contributed by atoms with E-state index in [1.165, 1.54) is 0 Å². The van der Waals surface area contributed by atoms with Gasteiger partial charge in [-0.2, -0.15) is 0 Å². The van der Waals surface area contributed by atoms with Crippen LogP contribution in [0.4, 0.5) is 0 Å². The molecule has 9 nitrogen and oxygen atoms in total. The Bertz CT molecular complexity index is 790. The molecule has 31 heavy (non-hydrogen) atoms. The van der Waals surface area contributed by atoms with Crippen molar-refractivity contribution in [3.63, 3.8) is 0 Å². The summed E-state index contributed by atoms with van der Waals surface area (Å²) in [6.07, 6.45) is 0.613. The zero-order valence-electron chi connectivity index (χ0n) is 17.5. The molecule has 3 rings (SSSR count). The topological polar surface area (TPSA) is 120 Å². The van der Waals surface area contributed by atoms with Crippen molar-refractivity contribution in [2.24, 2.45) is 5.73 Å². The largest absolute Gasteiger partial charge is 0.378 e. The highest BCUT2D eigenvalue weighted by atomic mass is 32.2. The van der Waals surface area contributed by atoms with E-state index in [0.29, 0.717) is 64.7 Å². The number of carbonyl (C=O) groups excluding carboxylic acids is 3. The van der Waals surface area contributed by atoms with Gasteiger partial charge in [0.15, 0.2) is 0 Å². The van der Waals surface area contributed by atoms with Gasteiger partial charge in [-0.15, -0.1) is 11.8 Å². The summed E-state index contributed by atoms with van der Waals surface area (Å²) in [6.45, 7) is 4.05. The first-order chi connectivity index (χ1) is 15.1. The number of nitrogens with two attached hydrogens (primary N) is 1. The molecule has 10 heteroatoms. The molecule has 1 fully saturated rings. The minimum Gasteiger partial charge on any atom is -0.378 e. The van der Waals surface area contributed by atoms with Gasteiger partial charge in [-0.05, 0) is 24.1 Å². The minimum atomic E-state index is -0.598. The van der Waals surface area contributed by atoms with Crippen molar-refractivity contribution in [3.05, 3.63) is 29.3 Å². The fourth-order valence-corrected chi connectivity index (χ4v) is 4.47. The van der Waals surface area contributed by atoms with E-state index < -0.39 is 11.9 Å². The number of ether oxygens (including phenoxy) is 3. The quantitative estimate of drug-likeness (QED) is 0.253. The van der Waals surface area contributed by atoms with Gasteiger partial charge in [-0.25, -0.2) is 0 Å². The zero-order valence-corrected chi connectivity index (χ0v) is 18.3. The van der Waals surface area contributed by atoms with Gasteiger partial charge in [0.05, 0.1) is 39.6 Å². The van der Waals surface area contributed by atoms with Crippen LogP contribution in [0.1, 0.15) is 28.8 Å². The molecule has 3 N–H and O–H groups in total. The Kier molecular flexibility index (Phi) is 9.29. The lowest BCUT2D eigenvalue weighted by Crippen LogP contribution is -2.52. The molecule has 0 radical (unpaired) electrons. The van der Waals surface area contributed by atoms with Crippen LogP contribution in [-0.4, -0.2) is 80.6 Å². The average Bonchev–Trinajstić information content (AvgIpc) is 3.09. The van der Waals surface area contributed by atoms with Crippen molar-refractivity contribution in [2.45, 2.75) is 30.3 Å².